The summed E-state index contributed by atoms with van der Waals surface area (Å²) in [7, 11) is -4.31. The van der Waals surface area contributed by atoms with Crippen LogP contribution in [0.3, 0.4) is 0 Å². The number of aromatic nitrogens is 1. The van der Waals surface area contributed by atoms with Crippen LogP contribution in [-0.2, 0) is 32.4 Å². The van der Waals surface area contributed by atoms with Gasteiger partial charge < -0.3 is 10.4 Å². The van der Waals surface area contributed by atoms with Gasteiger partial charge in [-0.25, -0.2) is 0 Å². The SMILES string of the molecule is O=C(CN1C(=O)C(=Cc2sc(=S)n(CCS(=O)(=O)O)c2O)c2ccccc21)Nc1cccc(C(F)(F)F)c1. The van der Waals surface area contributed by atoms with Crippen molar-refractivity contribution in [1.82, 2.24) is 4.57 Å². The first kappa shape index (κ1) is 27.5. The summed E-state index contributed by atoms with van der Waals surface area (Å²) in [5.41, 5.74) is -0.101. The van der Waals surface area contributed by atoms with Crippen LogP contribution in [-0.4, -0.2) is 46.8 Å². The maximum Gasteiger partial charge on any atom is 0.416 e. The van der Waals surface area contributed by atoms with E-state index in [1.165, 1.54) is 12.1 Å². The number of benzene rings is 2. The highest BCUT2D eigenvalue weighted by atomic mass is 32.2. The Morgan fingerprint density at radius 3 is 2.55 bits per heavy atom. The predicted octanol–water partition coefficient (Wildman–Crippen LogP) is 4.42. The number of aromatic hydroxyl groups is 1. The van der Waals surface area contributed by atoms with E-state index in [9.17, 15) is 36.3 Å². The molecule has 2 heterocycles. The van der Waals surface area contributed by atoms with Crippen LogP contribution in [0.15, 0.2) is 48.5 Å². The molecule has 0 saturated carbocycles. The van der Waals surface area contributed by atoms with E-state index in [4.69, 9.17) is 16.8 Å². The Bertz CT molecular complexity index is 1630. The van der Waals surface area contributed by atoms with E-state index in [0.717, 1.165) is 39.0 Å². The van der Waals surface area contributed by atoms with E-state index in [1.54, 1.807) is 24.3 Å². The maximum atomic E-state index is 13.3. The Hall–Kier alpha value is -3.53. The van der Waals surface area contributed by atoms with Gasteiger partial charge in [-0.2, -0.15) is 21.6 Å². The third-order valence-electron chi connectivity index (χ3n) is 5.48. The van der Waals surface area contributed by atoms with Gasteiger partial charge in [-0.05, 0) is 42.6 Å². The van der Waals surface area contributed by atoms with E-state index in [0.29, 0.717) is 11.3 Å². The highest BCUT2D eigenvalue weighted by Crippen LogP contribution is 2.40. The summed E-state index contributed by atoms with van der Waals surface area (Å²) < 4.78 is 71.3. The first-order valence-corrected chi connectivity index (χ1v) is 13.6. The Labute approximate surface area is 223 Å². The number of halogens is 3. The molecule has 3 N–H and O–H groups in total. The first-order valence-electron chi connectivity index (χ1n) is 10.7. The fourth-order valence-corrected chi connectivity index (χ4v) is 5.48. The maximum absolute atomic E-state index is 13.3. The van der Waals surface area contributed by atoms with Gasteiger partial charge in [-0.15, -0.1) is 11.3 Å². The molecule has 0 fully saturated rings. The lowest BCUT2D eigenvalue weighted by Gasteiger charge is -2.17. The van der Waals surface area contributed by atoms with Gasteiger partial charge in [-0.1, -0.05) is 24.3 Å². The van der Waals surface area contributed by atoms with Crippen molar-refractivity contribution in [1.29, 1.82) is 0 Å². The number of fused-ring (bicyclic) bond motifs is 1. The number of nitrogens with one attached hydrogen (secondary N) is 1. The van der Waals surface area contributed by atoms with Crippen molar-refractivity contribution in [2.24, 2.45) is 0 Å². The van der Waals surface area contributed by atoms with Gasteiger partial charge in [0.05, 0.1) is 27.5 Å². The topological polar surface area (TPSA) is 129 Å². The summed E-state index contributed by atoms with van der Waals surface area (Å²) >= 11 is 6.08. The number of anilines is 2. The van der Waals surface area contributed by atoms with Crippen molar-refractivity contribution < 1.29 is 40.8 Å². The molecular formula is C23H18F3N3O6S3. The monoisotopic (exact) mass is 585 g/mol. The van der Waals surface area contributed by atoms with E-state index in [1.807, 2.05) is 0 Å². The molecule has 4 rings (SSSR count). The zero-order chi connectivity index (χ0) is 27.8. The van der Waals surface area contributed by atoms with Gasteiger partial charge in [0.25, 0.3) is 16.0 Å². The third-order valence-corrected chi connectivity index (χ3v) is 7.56. The second-order valence-corrected chi connectivity index (χ2v) is 11.3. The summed E-state index contributed by atoms with van der Waals surface area (Å²) in [4.78, 5) is 27.3. The normalized spacial score (nSPS) is 14.7. The van der Waals surface area contributed by atoms with Crippen molar-refractivity contribution >= 4 is 68.5 Å². The van der Waals surface area contributed by atoms with Gasteiger partial charge in [0.2, 0.25) is 11.8 Å². The van der Waals surface area contributed by atoms with Crippen LogP contribution < -0.4 is 10.2 Å². The van der Waals surface area contributed by atoms with E-state index < -0.39 is 51.8 Å². The lowest BCUT2D eigenvalue weighted by atomic mass is 10.1. The van der Waals surface area contributed by atoms with Gasteiger partial charge in [0, 0.05) is 17.8 Å². The fourth-order valence-electron chi connectivity index (χ4n) is 3.76. The average molecular weight is 586 g/mol. The van der Waals surface area contributed by atoms with Crippen molar-refractivity contribution in [3.63, 3.8) is 0 Å². The molecule has 200 valence electrons. The minimum Gasteiger partial charge on any atom is -0.493 e. The van der Waals surface area contributed by atoms with Crippen LogP contribution in [0.25, 0.3) is 11.6 Å². The number of alkyl halides is 3. The molecule has 0 bridgehead atoms. The minimum absolute atomic E-state index is 0.0866. The standard InChI is InChI=1S/C23H18F3N3O6S3/c24-23(25,26)13-4-3-5-14(10-13)27-19(30)12-29-17-7-2-1-6-15(17)16(20(29)31)11-18-21(32)28(22(36)37-18)8-9-38(33,34)35/h1-7,10-11,32H,8-9,12H2,(H,27,30)(H,33,34,35). The lowest BCUT2D eigenvalue weighted by molar-refractivity contribution is -0.137. The molecule has 2 aromatic carbocycles. The average Bonchev–Trinajstić information content (AvgIpc) is 3.24. The number of thiazole rings is 1. The number of amides is 2. The molecule has 9 nitrogen and oxygen atoms in total. The van der Waals surface area contributed by atoms with E-state index >= 15 is 0 Å². The number of carbonyl (C=O) groups is 2. The van der Waals surface area contributed by atoms with Crippen molar-refractivity contribution in [3.8, 4) is 5.88 Å². The van der Waals surface area contributed by atoms with Gasteiger partial charge >= 0.3 is 6.18 Å². The number of nitrogens with zero attached hydrogens (tertiary/aromatic N) is 2. The predicted molar refractivity (Wildman–Crippen MR) is 138 cm³/mol. The molecule has 15 heteroatoms. The Balaban J connectivity index is 1.60. The van der Waals surface area contributed by atoms with Crippen LogP contribution in [0.4, 0.5) is 24.5 Å². The molecule has 0 aliphatic carbocycles. The Morgan fingerprint density at radius 2 is 1.87 bits per heavy atom. The van der Waals surface area contributed by atoms with Crippen LogP contribution in [0.2, 0.25) is 0 Å². The lowest BCUT2D eigenvalue weighted by Crippen LogP contribution is -2.35. The molecular weight excluding hydrogens is 567 g/mol. The van der Waals surface area contributed by atoms with Crippen molar-refractivity contribution in [3.05, 3.63) is 68.5 Å². The van der Waals surface area contributed by atoms with Gasteiger partial charge in [-0.3, -0.25) is 23.6 Å². The molecule has 1 aromatic heterocycles. The molecule has 38 heavy (non-hydrogen) atoms. The number of rotatable bonds is 7. The molecule has 0 spiro atoms. The quantitative estimate of drug-likeness (QED) is 0.213. The van der Waals surface area contributed by atoms with Crippen LogP contribution >= 0.6 is 23.6 Å². The largest absolute Gasteiger partial charge is 0.493 e. The first-order chi connectivity index (χ1) is 17.7. The van der Waals surface area contributed by atoms with Gasteiger partial charge in [0.1, 0.15) is 6.54 Å². The summed E-state index contributed by atoms with van der Waals surface area (Å²) in [6, 6.07) is 10.6. The zero-order valence-electron chi connectivity index (χ0n) is 19.1. The summed E-state index contributed by atoms with van der Waals surface area (Å²) in [6.07, 6.45) is -3.24. The second kappa shape index (κ2) is 10.3. The van der Waals surface area contributed by atoms with Crippen molar-refractivity contribution in [2.45, 2.75) is 12.7 Å². The summed E-state index contributed by atoms with van der Waals surface area (Å²) in [5.74, 6) is -2.42. The number of para-hydroxylation sites is 1. The van der Waals surface area contributed by atoms with Crippen molar-refractivity contribution in [2.75, 3.05) is 22.5 Å². The molecule has 2 amide bonds. The molecule has 1 aliphatic rings. The van der Waals surface area contributed by atoms with E-state index in [-0.39, 0.29) is 26.6 Å². The highest BCUT2D eigenvalue weighted by Gasteiger charge is 2.34. The summed E-state index contributed by atoms with van der Waals surface area (Å²) in [5, 5.41) is 12.9. The molecule has 0 unspecified atom stereocenters. The Kier molecular flexibility index (Phi) is 7.47. The Morgan fingerprint density at radius 1 is 1.16 bits per heavy atom. The minimum atomic E-state index is -4.59. The molecule has 0 radical (unpaired) electrons. The third kappa shape index (κ3) is 5.96. The van der Waals surface area contributed by atoms with E-state index in [2.05, 4.69) is 5.32 Å². The fraction of sp³-hybridized carbons (Fsp3) is 0.174. The van der Waals surface area contributed by atoms with Crippen LogP contribution in [0, 0.1) is 3.95 Å². The molecule has 1 aliphatic heterocycles. The highest BCUT2D eigenvalue weighted by molar-refractivity contribution is 7.85. The summed E-state index contributed by atoms with van der Waals surface area (Å²) in [6.45, 7) is -0.809. The number of carbonyl (C=O) groups excluding carboxylic acids is 2. The molecule has 3 aromatic rings. The second-order valence-electron chi connectivity index (χ2n) is 8.09. The zero-order valence-corrected chi connectivity index (χ0v) is 21.5. The van der Waals surface area contributed by atoms with Gasteiger partial charge in [0.15, 0.2) is 3.95 Å². The number of hydrogen-bond donors (Lipinski definition) is 3. The van der Waals surface area contributed by atoms with Crippen LogP contribution in [0.5, 0.6) is 5.88 Å². The molecule has 0 saturated heterocycles. The smallest absolute Gasteiger partial charge is 0.416 e. The molecule has 0 atom stereocenters. The number of hydrogen-bond acceptors (Lipinski definition) is 7. The van der Waals surface area contributed by atoms with Crippen LogP contribution in [0.1, 0.15) is 16.0 Å².